The highest BCUT2D eigenvalue weighted by Crippen LogP contribution is 2.37. The van der Waals surface area contributed by atoms with Crippen LogP contribution in [0.4, 0.5) is 11.8 Å². The van der Waals surface area contributed by atoms with Crippen LogP contribution in [0.1, 0.15) is 49.8 Å². The molecule has 2 atom stereocenters. The normalized spacial score (nSPS) is 20.4. The summed E-state index contributed by atoms with van der Waals surface area (Å²) in [6.45, 7) is 6.95. The largest absolute Gasteiger partial charge is 0.393 e. The monoisotopic (exact) mass is 418 g/mol. The minimum Gasteiger partial charge on any atom is -0.393 e. The molecule has 1 saturated carbocycles. The fourth-order valence-corrected chi connectivity index (χ4v) is 4.48. The van der Waals surface area contributed by atoms with Crippen LogP contribution in [0.3, 0.4) is 0 Å². The first-order chi connectivity index (χ1) is 14.9. The van der Waals surface area contributed by atoms with Crippen molar-refractivity contribution < 1.29 is 5.11 Å². The molecule has 0 amide bonds. The number of aliphatic hydroxyl groups excluding tert-OH is 1. The number of aromatic nitrogens is 3. The van der Waals surface area contributed by atoms with E-state index in [0.29, 0.717) is 23.9 Å². The molecule has 0 aliphatic heterocycles. The van der Waals surface area contributed by atoms with Crippen LogP contribution in [0.15, 0.2) is 30.6 Å². The van der Waals surface area contributed by atoms with Gasteiger partial charge in [-0.05, 0) is 49.1 Å². The second-order valence-corrected chi connectivity index (χ2v) is 9.18. The number of para-hydroxylation sites is 1. The van der Waals surface area contributed by atoms with Gasteiger partial charge in [0.25, 0.3) is 0 Å². The highest BCUT2D eigenvalue weighted by Gasteiger charge is 2.35. The number of aryl methyl sites for hydroxylation is 1. The zero-order valence-electron chi connectivity index (χ0n) is 18.4. The molecule has 0 radical (unpaired) electrons. The van der Waals surface area contributed by atoms with Crippen molar-refractivity contribution >= 4 is 22.7 Å². The molecule has 1 fully saturated rings. The molecule has 4 rings (SSSR count). The Balaban J connectivity index is 1.42. The molecular weight excluding hydrogens is 388 g/mol. The van der Waals surface area contributed by atoms with E-state index >= 15 is 0 Å². The number of nitrogens with one attached hydrogen (secondary N) is 3. The Morgan fingerprint density at radius 2 is 2.16 bits per heavy atom. The van der Waals surface area contributed by atoms with Crippen molar-refractivity contribution in [3.63, 3.8) is 0 Å². The van der Waals surface area contributed by atoms with Gasteiger partial charge in [0.15, 0.2) is 0 Å². The van der Waals surface area contributed by atoms with Crippen molar-refractivity contribution in [3.05, 3.63) is 47.3 Å². The topological polar surface area (TPSA) is 110 Å². The lowest BCUT2D eigenvalue weighted by Crippen LogP contribution is -2.41. The van der Waals surface area contributed by atoms with E-state index in [-0.39, 0.29) is 17.6 Å². The molecule has 0 saturated heterocycles. The maximum atomic E-state index is 10.2. The number of aromatic amines is 1. The Morgan fingerprint density at radius 1 is 1.32 bits per heavy atom. The smallest absolute Gasteiger partial charge is 0.224 e. The van der Waals surface area contributed by atoms with Gasteiger partial charge < -0.3 is 20.7 Å². The minimum absolute atomic E-state index is 0.158. The van der Waals surface area contributed by atoms with Crippen LogP contribution in [0.2, 0.25) is 0 Å². The molecular formula is C24H30N6O. The van der Waals surface area contributed by atoms with Gasteiger partial charge in [0.2, 0.25) is 5.95 Å². The zero-order valence-corrected chi connectivity index (χ0v) is 18.4. The molecule has 7 nitrogen and oxygen atoms in total. The Hall–Kier alpha value is -3.11. The summed E-state index contributed by atoms with van der Waals surface area (Å²) in [5, 5.41) is 27.6. The van der Waals surface area contributed by atoms with E-state index in [2.05, 4.69) is 76.8 Å². The predicted molar refractivity (Wildman–Crippen MR) is 123 cm³/mol. The molecule has 162 valence electrons. The summed E-state index contributed by atoms with van der Waals surface area (Å²) >= 11 is 0. The molecule has 2 aromatic heterocycles. The number of nitrogens with zero attached hydrogens (tertiary/aromatic N) is 3. The number of nitriles is 1. The standard InChI is InChI=1S/C24H30N6O/c1-15-5-4-6-19-16(13-27-21(15)19)9-10-26-23-28-14-17(12-25)22(30-23)29-18-7-8-20(31)24(2,3)11-18/h4-6,13-14,18,20,27,31H,7-11H2,1-3H3,(H2,26,28,29,30)/t18-,20+/m1/s1. The molecule has 1 aliphatic carbocycles. The van der Waals surface area contributed by atoms with Crippen LogP contribution in [-0.4, -0.2) is 38.7 Å². The summed E-state index contributed by atoms with van der Waals surface area (Å²) in [4.78, 5) is 12.2. The van der Waals surface area contributed by atoms with E-state index in [4.69, 9.17) is 0 Å². The second kappa shape index (κ2) is 8.56. The lowest BCUT2D eigenvalue weighted by atomic mass is 9.73. The Labute approximate surface area is 182 Å². The highest BCUT2D eigenvalue weighted by molar-refractivity contribution is 5.85. The van der Waals surface area contributed by atoms with Crippen molar-refractivity contribution in [1.29, 1.82) is 5.26 Å². The molecule has 1 aromatic carbocycles. The summed E-state index contributed by atoms with van der Waals surface area (Å²) in [6, 6.07) is 8.67. The molecule has 0 unspecified atom stereocenters. The van der Waals surface area contributed by atoms with Crippen LogP contribution in [0.25, 0.3) is 10.9 Å². The van der Waals surface area contributed by atoms with E-state index < -0.39 is 0 Å². The molecule has 3 aromatic rings. The molecule has 2 heterocycles. The molecule has 7 heteroatoms. The number of rotatable bonds is 6. The van der Waals surface area contributed by atoms with Gasteiger partial charge in [0.05, 0.1) is 12.3 Å². The van der Waals surface area contributed by atoms with Gasteiger partial charge in [-0.3, -0.25) is 0 Å². The van der Waals surface area contributed by atoms with E-state index in [1.807, 2.05) is 0 Å². The fourth-order valence-electron chi connectivity index (χ4n) is 4.48. The van der Waals surface area contributed by atoms with Crippen molar-refractivity contribution in [2.75, 3.05) is 17.2 Å². The SMILES string of the molecule is Cc1cccc2c(CCNc3ncc(C#N)c(N[C@@H]4CC[C@H](O)C(C)(C)C4)n3)c[nH]c12. The van der Waals surface area contributed by atoms with Crippen molar-refractivity contribution in [3.8, 4) is 6.07 Å². The first-order valence-corrected chi connectivity index (χ1v) is 10.9. The molecule has 0 spiro atoms. The van der Waals surface area contributed by atoms with Crippen molar-refractivity contribution in [2.24, 2.45) is 5.41 Å². The predicted octanol–water partition coefficient (Wildman–Crippen LogP) is 4.14. The van der Waals surface area contributed by atoms with E-state index in [1.54, 1.807) is 6.20 Å². The van der Waals surface area contributed by atoms with Gasteiger partial charge in [-0.25, -0.2) is 4.98 Å². The second-order valence-electron chi connectivity index (χ2n) is 9.18. The maximum absolute atomic E-state index is 10.2. The summed E-state index contributed by atoms with van der Waals surface area (Å²) < 4.78 is 0. The van der Waals surface area contributed by atoms with E-state index in [1.165, 1.54) is 22.0 Å². The quantitative estimate of drug-likeness (QED) is 0.479. The number of hydrogen-bond acceptors (Lipinski definition) is 6. The minimum atomic E-state index is -0.295. The number of hydrogen-bond donors (Lipinski definition) is 4. The van der Waals surface area contributed by atoms with Crippen LogP contribution >= 0.6 is 0 Å². The molecule has 31 heavy (non-hydrogen) atoms. The average molecular weight is 419 g/mol. The number of fused-ring (bicyclic) bond motifs is 1. The van der Waals surface area contributed by atoms with Gasteiger partial charge >= 0.3 is 0 Å². The number of benzene rings is 1. The Bertz CT molecular complexity index is 1110. The van der Waals surface area contributed by atoms with Crippen molar-refractivity contribution in [1.82, 2.24) is 15.0 Å². The number of aliphatic hydroxyl groups is 1. The first-order valence-electron chi connectivity index (χ1n) is 10.9. The van der Waals surface area contributed by atoms with Gasteiger partial charge in [0.1, 0.15) is 17.5 Å². The molecule has 4 N–H and O–H groups in total. The Kier molecular flexibility index (Phi) is 5.84. The van der Waals surface area contributed by atoms with Crippen molar-refractivity contribution in [2.45, 2.75) is 58.6 Å². The molecule has 0 bridgehead atoms. The van der Waals surface area contributed by atoms with Gasteiger partial charge in [-0.15, -0.1) is 0 Å². The van der Waals surface area contributed by atoms with Gasteiger partial charge in [-0.2, -0.15) is 10.2 Å². The third-order valence-electron chi connectivity index (χ3n) is 6.40. The van der Waals surface area contributed by atoms with E-state index in [0.717, 1.165) is 25.7 Å². The van der Waals surface area contributed by atoms with Crippen LogP contribution in [-0.2, 0) is 6.42 Å². The third kappa shape index (κ3) is 4.49. The third-order valence-corrected chi connectivity index (χ3v) is 6.40. The van der Waals surface area contributed by atoms with Crippen LogP contribution in [0, 0.1) is 23.7 Å². The number of anilines is 2. The Morgan fingerprint density at radius 3 is 2.94 bits per heavy atom. The highest BCUT2D eigenvalue weighted by atomic mass is 16.3. The fraction of sp³-hybridized carbons (Fsp3) is 0.458. The first kappa shape index (κ1) is 21.1. The summed E-state index contributed by atoms with van der Waals surface area (Å²) in [5.41, 5.74) is 3.94. The van der Waals surface area contributed by atoms with E-state index in [9.17, 15) is 10.4 Å². The maximum Gasteiger partial charge on any atom is 0.224 e. The van der Waals surface area contributed by atoms with Crippen LogP contribution < -0.4 is 10.6 Å². The zero-order chi connectivity index (χ0) is 22.0. The van der Waals surface area contributed by atoms with Gasteiger partial charge in [0, 0.05) is 29.7 Å². The lowest BCUT2D eigenvalue weighted by molar-refractivity contribution is 0.00926. The van der Waals surface area contributed by atoms with Crippen LogP contribution in [0.5, 0.6) is 0 Å². The number of H-pyrrole nitrogens is 1. The lowest BCUT2D eigenvalue weighted by Gasteiger charge is -2.40. The van der Waals surface area contributed by atoms with Gasteiger partial charge in [-0.1, -0.05) is 32.0 Å². The molecule has 1 aliphatic rings. The summed E-state index contributed by atoms with van der Waals surface area (Å²) in [6.07, 6.45) is 6.59. The summed E-state index contributed by atoms with van der Waals surface area (Å²) in [5.74, 6) is 1.06. The average Bonchev–Trinajstić information content (AvgIpc) is 3.15. The summed E-state index contributed by atoms with van der Waals surface area (Å²) in [7, 11) is 0.